The molecule has 0 spiro atoms. The van der Waals surface area contributed by atoms with Gasteiger partial charge in [-0.1, -0.05) is 18.2 Å². The Balaban J connectivity index is 0.00000220. The van der Waals surface area contributed by atoms with Crippen molar-refractivity contribution in [2.45, 2.75) is 25.8 Å². The molecule has 21 heavy (non-hydrogen) atoms. The largest absolute Gasteiger partial charge is 0.328 e. The Kier molecular flexibility index (Phi) is 7.15. The minimum absolute atomic E-state index is 0. The Hall–Kier alpha value is -1.10. The topological polar surface area (TPSA) is 49.6 Å². The van der Waals surface area contributed by atoms with Gasteiger partial charge >= 0.3 is 0 Å². The second kappa shape index (κ2) is 8.37. The van der Waals surface area contributed by atoms with Crippen molar-refractivity contribution in [3.05, 3.63) is 30.3 Å². The number of anilines is 1. The number of piperidine rings is 1. The second-order valence-electron chi connectivity index (χ2n) is 5.76. The first kappa shape index (κ1) is 18.0. The number of hydrogen-bond acceptors (Lipinski definition) is 3. The molecule has 1 aromatic rings. The van der Waals surface area contributed by atoms with Crippen LogP contribution >= 0.6 is 12.4 Å². The molecule has 0 aliphatic carbocycles. The third kappa shape index (κ3) is 4.99. The lowest BCUT2D eigenvalue weighted by Crippen LogP contribution is -2.44. The third-order valence-corrected chi connectivity index (χ3v) is 4.25. The minimum Gasteiger partial charge on any atom is -0.328 e. The number of nitrogens with two attached hydrogens (primary N) is 1. The third-order valence-electron chi connectivity index (χ3n) is 4.25. The van der Waals surface area contributed by atoms with Crippen molar-refractivity contribution < 1.29 is 4.79 Å². The van der Waals surface area contributed by atoms with E-state index >= 15 is 0 Å². The maximum absolute atomic E-state index is 12.3. The van der Waals surface area contributed by atoms with Crippen molar-refractivity contribution in [3.8, 4) is 0 Å². The summed E-state index contributed by atoms with van der Waals surface area (Å²) in [6.07, 6.45) is 2.19. The van der Waals surface area contributed by atoms with Gasteiger partial charge in [0.1, 0.15) is 0 Å². The number of benzene rings is 1. The van der Waals surface area contributed by atoms with Crippen LogP contribution in [0, 0.1) is 5.92 Å². The summed E-state index contributed by atoms with van der Waals surface area (Å²) >= 11 is 0. The Morgan fingerprint density at radius 1 is 1.33 bits per heavy atom. The van der Waals surface area contributed by atoms with E-state index in [4.69, 9.17) is 5.73 Å². The molecule has 1 fully saturated rings. The van der Waals surface area contributed by atoms with E-state index in [9.17, 15) is 4.79 Å². The van der Waals surface area contributed by atoms with Gasteiger partial charge in [0.25, 0.3) is 0 Å². The van der Waals surface area contributed by atoms with Gasteiger partial charge in [-0.05, 0) is 50.9 Å². The molecule has 1 heterocycles. The smallest absolute Gasteiger partial charge is 0.240 e. The second-order valence-corrected chi connectivity index (χ2v) is 5.76. The highest BCUT2D eigenvalue weighted by Gasteiger charge is 2.24. The van der Waals surface area contributed by atoms with Crippen molar-refractivity contribution in [3.63, 3.8) is 0 Å². The SMILES string of the molecule is CC(N)C1CCN(CC(=O)N(C)c2ccccc2)CC1.Cl. The Bertz CT molecular complexity index is 430. The van der Waals surface area contributed by atoms with E-state index in [0.29, 0.717) is 12.5 Å². The molecule has 1 amide bonds. The van der Waals surface area contributed by atoms with Crippen LogP contribution in [0.25, 0.3) is 0 Å². The predicted octanol–water partition coefficient (Wildman–Crippen LogP) is 2.13. The molecule has 5 heteroatoms. The zero-order valence-electron chi connectivity index (χ0n) is 12.9. The molecule has 2 N–H and O–H groups in total. The lowest BCUT2D eigenvalue weighted by Gasteiger charge is -2.34. The van der Waals surface area contributed by atoms with Gasteiger partial charge in [0, 0.05) is 18.8 Å². The molecule has 1 unspecified atom stereocenters. The molecule has 1 aliphatic heterocycles. The van der Waals surface area contributed by atoms with Crippen molar-refractivity contribution in [1.29, 1.82) is 0 Å². The molecule has 4 nitrogen and oxygen atoms in total. The highest BCUT2D eigenvalue weighted by Crippen LogP contribution is 2.20. The standard InChI is InChI=1S/C16H25N3O.ClH/c1-13(17)14-8-10-19(11-9-14)12-16(20)18(2)15-6-4-3-5-7-15;/h3-7,13-14H,8-12,17H2,1-2H3;1H. The van der Waals surface area contributed by atoms with E-state index in [1.165, 1.54) is 0 Å². The van der Waals surface area contributed by atoms with Crippen LogP contribution in [0.4, 0.5) is 5.69 Å². The summed E-state index contributed by atoms with van der Waals surface area (Å²) in [6.45, 7) is 4.52. The number of likely N-dealkylation sites (tertiary alicyclic amines) is 1. The highest BCUT2D eigenvalue weighted by atomic mass is 35.5. The molecule has 1 saturated heterocycles. The zero-order chi connectivity index (χ0) is 14.5. The van der Waals surface area contributed by atoms with Crippen molar-refractivity contribution in [2.24, 2.45) is 11.7 Å². The summed E-state index contributed by atoms with van der Waals surface area (Å²) < 4.78 is 0. The fourth-order valence-corrected chi connectivity index (χ4v) is 2.73. The number of carbonyl (C=O) groups excluding carboxylic acids is 1. The minimum atomic E-state index is 0. The number of likely N-dealkylation sites (N-methyl/N-ethyl adjacent to an activating group) is 1. The van der Waals surface area contributed by atoms with Gasteiger partial charge in [-0.25, -0.2) is 0 Å². The lowest BCUT2D eigenvalue weighted by molar-refractivity contribution is -0.119. The van der Waals surface area contributed by atoms with Gasteiger partial charge in [-0.3, -0.25) is 9.69 Å². The molecule has 0 radical (unpaired) electrons. The van der Waals surface area contributed by atoms with E-state index in [-0.39, 0.29) is 24.4 Å². The Morgan fingerprint density at radius 2 is 1.90 bits per heavy atom. The van der Waals surface area contributed by atoms with Gasteiger partial charge in [0.05, 0.1) is 6.54 Å². The van der Waals surface area contributed by atoms with Crippen LogP contribution in [0.2, 0.25) is 0 Å². The summed E-state index contributed by atoms with van der Waals surface area (Å²) in [6, 6.07) is 10.0. The zero-order valence-corrected chi connectivity index (χ0v) is 13.7. The maximum atomic E-state index is 12.3. The monoisotopic (exact) mass is 311 g/mol. The van der Waals surface area contributed by atoms with Crippen molar-refractivity contribution in [2.75, 3.05) is 31.6 Å². The molecule has 0 aromatic heterocycles. The van der Waals surface area contributed by atoms with E-state index in [2.05, 4.69) is 11.8 Å². The van der Waals surface area contributed by atoms with Crippen LogP contribution in [0.3, 0.4) is 0 Å². The molecule has 1 aromatic carbocycles. The number of amides is 1. The number of hydrogen-bond donors (Lipinski definition) is 1. The van der Waals surface area contributed by atoms with Crippen LogP contribution in [-0.4, -0.2) is 43.5 Å². The van der Waals surface area contributed by atoms with E-state index in [1.54, 1.807) is 4.90 Å². The summed E-state index contributed by atoms with van der Waals surface area (Å²) in [5.41, 5.74) is 6.89. The van der Waals surface area contributed by atoms with Crippen LogP contribution in [0.15, 0.2) is 30.3 Å². The number of halogens is 1. The van der Waals surface area contributed by atoms with Gasteiger partial charge in [0.2, 0.25) is 5.91 Å². The first-order valence-corrected chi connectivity index (χ1v) is 7.37. The van der Waals surface area contributed by atoms with Crippen molar-refractivity contribution in [1.82, 2.24) is 4.90 Å². The Labute approximate surface area is 133 Å². The normalized spacial score (nSPS) is 17.9. The Morgan fingerprint density at radius 3 is 2.43 bits per heavy atom. The molecular weight excluding hydrogens is 286 g/mol. The van der Waals surface area contributed by atoms with Crippen LogP contribution in [0.1, 0.15) is 19.8 Å². The summed E-state index contributed by atoms with van der Waals surface area (Å²) in [7, 11) is 1.84. The molecule has 2 rings (SSSR count). The first-order chi connectivity index (χ1) is 9.58. The van der Waals surface area contributed by atoms with Crippen LogP contribution in [-0.2, 0) is 4.79 Å². The lowest BCUT2D eigenvalue weighted by atomic mass is 9.91. The number of nitrogens with zero attached hydrogens (tertiary/aromatic N) is 2. The van der Waals surface area contributed by atoms with Crippen LogP contribution in [0.5, 0.6) is 0 Å². The molecule has 118 valence electrons. The average molecular weight is 312 g/mol. The van der Waals surface area contributed by atoms with Gasteiger partial charge in [-0.2, -0.15) is 0 Å². The molecule has 1 atom stereocenters. The van der Waals surface area contributed by atoms with Crippen LogP contribution < -0.4 is 10.6 Å². The van der Waals surface area contributed by atoms with Gasteiger partial charge in [0.15, 0.2) is 0 Å². The van der Waals surface area contributed by atoms with E-state index in [0.717, 1.165) is 31.6 Å². The molecular formula is C16H26ClN3O. The molecule has 1 aliphatic rings. The predicted molar refractivity (Wildman–Crippen MR) is 89.9 cm³/mol. The number of para-hydroxylation sites is 1. The van der Waals surface area contributed by atoms with E-state index in [1.807, 2.05) is 37.4 Å². The average Bonchev–Trinajstić information content (AvgIpc) is 2.48. The molecule has 0 saturated carbocycles. The summed E-state index contributed by atoms with van der Waals surface area (Å²) in [5.74, 6) is 0.753. The first-order valence-electron chi connectivity index (χ1n) is 7.37. The quantitative estimate of drug-likeness (QED) is 0.926. The van der Waals surface area contributed by atoms with Gasteiger partial charge < -0.3 is 10.6 Å². The fraction of sp³-hybridized carbons (Fsp3) is 0.562. The number of rotatable bonds is 4. The van der Waals surface area contributed by atoms with E-state index < -0.39 is 0 Å². The maximum Gasteiger partial charge on any atom is 0.240 e. The summed E-state index contributed by atoms with van der Waals surface area (Å²) in [5, 5.41) is 0. The number of carbonyl (C=O) groups is 1. The fourth-order valence-electron chi connectivity index (χ4n) is 2.73. The molecule has 0 bridgehead atoms. The van der Waals surface area contributed by atoms with Gasteiger partial charge in [-0.15, -0.1) is 12.4 Å². The highest BCUT2D eigenvalue weighted by molar-refractivity contribution is 5.94. The van der Waals surface area contributed by atoms with Crippen molar-refractivity contribution >= 4 is 24.0 Å². The summed E-state index contributed by atoms with van der Waals surface area (Å²) in [4.78, 5) is 16.3.